The van der Waals surface area contributed by atoms with Gasteiger partial charge in [-0.05, 0) is 33.1 Å². The van der Waals surface area contributed by atoms with Crippen LogP contribution in [0.2, 0.25) is 0 Å². The standard InChI is InChI=1S/C11H23N3O/c1-4-9(2)14-10(12)13-8-11(3)6-5-7-15-11/h9H,4-8H2,1-3H3,(H3,12,13,14). The summed E-state index contributed by atoms with van der Waals surface area (Å²) in [7, 11) is 0. The summed E-state index contributed by atoms with van der Waals surface area (Å²) in [5.74, 6) is 0.529. The molecule has 4 nitrogen and oxygen atoms in total. The minimum atomic E-state index is -0.0955. The molecule has 1 aliphatic heterocycles. The second-order valence-electron chi connectivity index (χ2n) is 4.56. The second-order valence-corrected chi connectivity index (χ2v) is 4.56. The highest BCUT2D eigenvalue weighted by atomic mass is 16.5. The van der Waals surface area contributed by atoms with Crippen molar-refractivity contribution >= 4 is 5.96 Å². The molecule has 0 bridgehead atoms. The van der Waals surface area contributed by atoms with Crippen LogP contribution in [0.5, 0.6) is 0 Å². The van der Waals surface area contributed by atoms with E-state index in [1.54, 1.807) is 0 Å². The largest absolute Gasteiger partial charge is 0.373 e. The van der Waals surface area contributed by atoms with E-state index in [-0.39, 0.29) is 5.60 Å². The molecular formula is C11H23N3O. The van der Waals surface area contributed by atoms with Crippen molar-refractivity contribution in [2.24, 2.45) is 10.7 Å². The molecule has 88 valence electrons. The van der Waals surface area contributed by atoms with Gasteiger partial charge in [0.1, 0.15) is 0 Å². The van der Waals surface area contributed by atoms with E-state index >= 15 is 0 Å². The highest BCUT2D eigenvalue weighted by Gasteiger charge is 2.29. The van der Waals surface area contributed by atoms with Crippen LogP contribution in [0.1, 0.15) is 40.0 Å². The zero-order valence-electron chi connectivity index (χ0n) is 10.0. The molecule has 0 aromatic carbocycles. The van der Waals surface area contributed by atoms with Crippen LogP contribution in [-0.2, 0) is 4.74 Å². The van der Waals surface area contributed by atoms with Gasteiger partial charge in [-0.15, -0.1) is 0 Å². The van der Waals surface area contributed by atoms with Crippen molar-refractivity contribution in [3.63, 3.8) is 0 Å². The maximum Gasteiger partial charge on any atom is 0.188 e. The van der Waals surface area contributed by atoms with Crippen LogP contribution in [-0.4, -0.2) is 30.8 Å². The third-order valence-corrected chi connectivity index (χ3v) is 2.89. The van der Waals surface area contributed by atoms with Gasteiger partial charge in [-0.1, -0.05) is 6.92 Å². The van der Waals surface area contributed by atoms with Crippen molar-refractivity contribution in [3.8, 4) is 0 Å². The van der Waals surface area contributed by atoms with Gasteiger partial charge in [-0.3, -0.25) is 4.99 Å². The minimum Gasteiger partial charge on any atom is -0.373 e. The lowest BCUT2D eigenvalue weighted by molar-refractivity contribution is 0.0284. The molecule has 1 saturated heterocycles. The minimum absolute atomic E-state index is 0.0955. The van der Waals surface area contributed by atoms with Crippen LogP contribution in [0.4, 0.5) is 0 Å². The Morgan fingerprint density at radius 3 is 2.93 bits per heavy atom. The van der Waals surface area contributed by atoms with Gasteiger partial charge in [0.15, 0.2) is 5.96 Å². The monoisotopic (exact) mass is 213 g/mol. The van der Waals surface area contributed by atoms with E-state index in [2.05, 4.69) is 31.1 Å². The first kappa shape index (κ1) is 12.3. The summed E-state index contributed by atoms with van der Waals surface area (Å²) < 4.78 is 5.63. The highest BCUT2D eigenvalue weighted by molar-refractivity contribution is 5.78. The van der Waals surface area contributed by atoms with Crippen molar-refractivity contribution < 1.29 is 4.74 Å². The molecule has 0 saturated carbocycles. The fourth-order valence-electron chi connectivity index (χ4n) is 1.61. The van der Waals surface area contributed by atoms with Gasteiger partial charge in [-0.25, -0.2) is 0 Å². The van der Waals surface area contributed by atoms with Gasteiger partial charge in [0.25, 0.3) is 0 Å². The molecule has 1 rings (SSSR count). The van der Waals surface area contributed by atoms with Crippen molar-refractivity contribution in [2.45, 2.75) is 51.7 Å². The summed E-state index contributed by atoms with van der Waals surface area (Å²) in [4.78, 5) is 4.32. The molecule has 0 spiro atoms. The fourth-order valence-corrected chi connectivity index (χ4v) is 1.61. The first-order valence-corrected chi connectivity index (χ1v) is 5.76. The summed E-state index contributed by atoms with van der Waals surface area (Å²) >= 11 is 0. The Hall–Kier alpha value is -0.770. The first-order chi connectivity index (χ1) is 7.06. The van der Waals surface area contributed by atoms with E-state index in [4.69, 9.17) is 10.5 Å². The summed E-state index contributed by atoms with van der Waals surface area (Å²) in [5, 5.41) is 3.14. The van der Waals surface area contributed by atoms with E-state index in [9.17, 15) is 0 Å². The van der Waals surface area contributed by atoms with Crippen LogP contribution in [0, 0.1) is 0 Å². The fraction of sp³-hybridized carbons (Fsp3) is 0.909. The maximum absolute atomic E-state index is 5.77. The number of hydrogen-bond donors (Lipinski definition) is 2. The van der Waals surface area contributed by atoms with Gasteiger partial charge in [0, 0.05) is 12.6 Å². The van der Waals surface area contributed by atoms with Crippen LogP contribution < -0.4 is 11.1 Å². The predicted molar refractivity (Wildman–Crippen MR) is 63.0 cm³/mol. The molecule has 1 heterocycles. The van der Waals surface area contributed by atoms with E-state index < -0.39 is 0 Å². The number of guanidine groups is 1. The Bertz CT molecular complexity index is 222. The Morgan fingerprint density at radius 1 is 1.67 bits per heavy atom. The normalized spacial score (nSPS) is 29.1. The number of ether oxygens (including phenoxy) is 1. The van der Waals surface area contributed by atoms with E-state index in [1.165, 1.54) is 0 Å². The van der Waals surface area contributed by atoms with Crippen molar-refractivity contribution in [2.75, 3.05) is 13.2 Å². The predicted octanol–water partition coefficient (Wildman–Crippen LogP) is 1.26. The Morgan fingerprint density at radius 2 is 2.40 bits per heavy atom. The van der Waals surface area contributed by atoms with Crippen molar-refractivity contribution in [3.05, 3.63) is 0 Å². The van der Waals surface area contributed by atoms with Crippen LogP contribution in [0.15, 0.2) is 4.99 Å². The molecule has 2 atom stereocenters. The van der Waals surface area contributed by atoms with E-state index in [0.717, 1.165) is 25.9 Å². The topological polar surface area (TPSA) is 59.6 Å². The number of hydrogen-bond acceptors (Lipinski definition) is 2. The molecule has 3 N–H and O–H groups in total. The van der Waals surface area contributed by atoms with Crippen LogP contribution in [0.3, 0.4) is 0 Å². The lowest BCUT2D eigenvalue weighted by atomic mass is 10.0. The summed E-state index contributed by atoms with van der Waals surface area (Å²) in [6.07, 6.45) is 3.25. The average Bonchev–Trinajstić information content (AvgIpc) is 2.63. The smallest absolute Gasteiger partial charge is 0.188 e. The van der Waals surface area contributed by atoms with E-state index in [0.29, 0.717) is 18.5 Å². The van der Waals surface area contributed by atoms with Crippen molar-refractivity contribution in [1.29, 1.82) is 0 Å². The van der Waals surface area contributed by atoms with Gasteiger partial charge >= 0.3 is 0 Å². The van der Waals surface area contributed by atoms with Gasteiger partial charge in [-0.2, -0.15) is 0 Å². The SMILES string of the molecule is CCC(C)NC(N)=NCC1(C)CCCO1. The molecule has 0 amide bonds. The maximum atomic E-state index is 5.77. The number of aliphatic imine (C=N–C) groups is 1. The third-order valence-electron chi connectivity index (χ3n) is 2.89. The third kappa shape index (κ3) is 4.08. The molecule has 0 aromatic rings. The molecule has 0 aromatic heterocycles. The lowest BCUT2D eigenvalue weighted by Gasteiger charge is -2.21. The summed E-state index contributed by atoms with van der Waals surface area (Å²) in [6, 6.07) is 0.381. The molecule has 2 unspecified atom stereocenters. The molecule has 0 radical (unpaired) electrons. The number of rotatable bonds is 4. The molecular weight excluding hydrogens is 190 g/mol. The quantitative estimate of drug-likeness (QED) is 0.546. The second kappa shape index (κ2) is 5.35. The highest BCUT2D eigenvalue weighted by Crippen LogP contribution is 2.24. The van der Waals surface area contributed by atoms with E-state index in [1.807, 2.05) is 0 Å². The summed E-state index contributed by atoms with van der Waals surface area (Å²) in [6.45, 7) is 7.81. The summed E-state index contributed by atoms with van der Waals surface area (Å²) in [5.41, 5.74) is 5.68. The molecule has 4 heteroatoms. The van der Waals surface area contributed by atoms with Crippen LogP contribution in [0.25, 0.3) is 0 Å². The first-order valence-electron chi connectivity index (χ1n) is 5.76. The van der Waals surface area contributed by atoms with Crippen LogP contribution >= 0.6 is 0 Å². The lowest BCUT2D eigenvalue weighted by Crippen LogP contribution is -2.39. The molecule has 15 heavy (non-hydrogen) atoms. The van der Waals surface area contributed by atoms with Gasteiger partial charge < -0.3 is 15.8 Å². The molecule has 1 aliphatic rings. The Kier molecular flexibility index (Phi) is 4.39. The average molecular weight is 213 g/mol. The zero-order valence-corrected chi connectivity index (χ0v) is 10.0. The Balaban J connectivity index is 2.35. The number of nitrogens with one attached hydrogen (secondary N) is 1. The number of nitrogens with two attached hydrogens (primary N) is 1. The zero-order chi connectivity index (χ0) is 11.3. The molecule has 0 aliphatic carbocycles. The van der Waals surface area contributed by atoms with Gasteiger partial charge in [0.05, 0.1) is 12.1 Å². The van der Waals surface area contributed by atoms with Gasteiger partial charge in [0.2, 0.25) is 0 Å². The molecule has 1 fully saturated rings. The Labute approximate surface area is 92.3 Å². The number of nitrogens with zero attached hydrogens (tertiary/aromatic N) is 1. The van der Waals surface area contributed by atoms with Crippen molar-refractivity contribution in [1.82, 2.24) is 5.32 Å².